The molecule has 2 nitrogen and oxygen atoms in total. The van der Waals surface area contributed by atoms with Gasteiger partial charge in [0.15, 0.2) is 0 Å². The van der Waals surface area contributed by atoms with Crippen molar-refractivity contribution in [2.24, 2.45) is 5.92 Å². The van der Waals surface area contributed by atoms with Gasteiger partial charge >= 0.3 is 0 Å². The normalized spacial score (nSPS) is 24.9. The summed E-state index contributed by atoms with van der Waals surface area (Å²) in [6.45, 7) is 16.4. The lowest BCUT2D eigenvalue weighted by Gasteiger charge is -2.45. The summed E-state index contributed by atoms with van der Waals surface area (Å²) >= 11 is 0. The predicted molar refractivity (Wildman–Crippen MR) is 105 cm³/mol. The summed E-state index contributed by atoms with van der Waals surface area (Å²) in [4.78, 5) is 2.63. The van der Waals surface area contributed by atoms with Crippen LogP contribution in [0.15, 0.2) is 24.8 Å². The summed E-state index contributed by atoms with van der Waals surface area (Å²) in [5.74, 6) is 0.961. The van der Waals surface area contributed by atoms with E-state index in [1.807, 2.05) is 19.1 Å². The summed E-state index contributed by atoms with van der Waals surface area (Å²) in [6.07, 6.45) is 6.50. The molecular weight excluding hydrogens is 294 g/mol. The van der Waals surface area contributed by atoms with Crippen LogP contribution in [0.25, 0.3) is 5.57 Å². The Morgan fingerprint density at radius 3 is 2.67 bits per heavy atom. The summed E-state index contributed by atoms with van der Waals surface area (Å²) < 4.78 is 0. The van der Waals surface area contributed by atoms with Crippen LogP contribution in [0.2, 0.25) is 0 Å². The van der Waals surface area contributed by atoms with Gasteiger partial charge in [0.25, 0.3) is 0 Å². The minimum atomic E-state index is 0.144. The fraction of sp³-hybridized carbons (Fsp3) is 0.636. The quantitative estimate of drug-likeness (QED) is 0.658. The van der Waals surface area contributed by atoms with E-state index in [1.165, 1.54) is 37.8 Å². The van der Waals surface area contributed by atoms with Crippen LogP contribution in [-0.4, -0.2) is 29.6 Å². The van der Waals surface area contributed by atoms with Gasteiger partial charge in [-0.05, 0) is 61.4 Å². The molecule has 1 N–H and O–H groups in total. The first-order chi connectivity index (χ1) is 11.4. The third-order valence-electron chi connectivity index (χ3n) is 6.01. The van der Waals surface area contributed by atoms with Crippen molar-refractivity contribution in [2.75, 3.05) is 19.6 Å². The van der Waals surface area contributed by atoms with Gasteiger partial charge in [-0.1, -0.05) is 58.7 Å². The second-order valence-corrected chi connectivity index (χ2v) is 7.94. The molecule has 2 heteroatoms. The molecule has 0 amide bonds. The third kappa shape index (κ3) is 4.22. The van der Waals surface area contributed by atoms with Crippen LogP contribution >= 0.6 is 0 Å². The first-order valence-corrected chi connectivity index (χ1v) is 9.60. The standard InChI is InChI=1S/C22H35NO/c1-6-7-8-9-13-23-14-12-22(5,18(4)16-23)19-10-11-20(17(2)3)21(24)15-19/h10-11,15,18,24H,2,6-9,12-14,16H2,1,3-5H3/t18-,22-/m0/s1. The number of rotatable bonds is 7. The van der Waals surface area contributed by atoms with Gasteiger partial charge < -0.3 is 10.0 Å². The van der Waals surface area contributed by atoms with Crippen LogP contribution < -0.4 is 0 Å². The molecule has 24 heavy (non-hydrogen) atoms. The van der Waals surface area contributed by atoms with Gasteiger partial charge in [0.1, 0.15) is 5.75 Å². The van der Waals surface area contributed by atoms with E-state index >= 15 is 0 Å². The van der Waals surface area contributed by atoms with E-state index in [2.05, 4.69) is 38.3 Å². The number of hydrogen-bond donors (Lipinski definition) is 1. The summed E-state index contributed by atoms with van der Waals surface area (Å²) in [5.41, 5.74) is 3.19. The fourth-order valence-corrected chi connectivity index (χ4v) is 3.96. The van der Waals surface area contributed by atoms with Crippen LogP contribution in [0, 0.1) is 5.92 Å². The Bertz CT molecular complexity index is 565. The Kier molecular flexibility index (Phi) is 6.51. The number of phenols is 1. The number of nitrogens with zero attached hydrogens (tertiary/aromatic N) is 1. The Morgan fingerprint density at radius 1 is 1.33 bits per heavy atom. The van der Waals surface area contributed by atoms with Gasteiger partial charge in [-0.3, -0.25) is 0 Å². The number of piperidine rings is 1. The lowest BCUT2D eigenvalue weighted by molar-refractivity contribution is 0.109. The maximum atomic E-state index is 10.3. The number of allylic oxidation sites excluding steroid dienone is 1. The summed E-state index contributed by atoms with van der Waals surface area (Å²) in [5, 5.41) is 10.3. The van der Waals surface area contributed by atoms with Gasteiger partial charge in [0, 0.05) is 12.1 Å². The van der Waals surface area contributed by atoms with Crippen molar-refractivity contribution in [2.45, 2.75) is 65.2 Å². The van der Waals surface area contributed by atoms with Crippen LogP contribution in [0.1, 0.15) is 70.9 Å². The highest BCUT2D eigenvalue weighted by Crippen LogP contribution is 2.41. The van der Waals surface area contributed by atoms with E-state index in [1.54, 1.807) is 0 Å². The summed E-state index contributed by atoms with van der Waals surface area (Å²) in [6, 6.07) is 6.19. The van der Waals surface area contributed by atoms with E-state index < -0.39 is 0 Å². The first-order valence-electron chi connectivity index (χ1n) is 9.60. The second kappa shape index (κ2) is 8.20. The molecule has 1 aromatic rings. The highest BCUT2D eigenvalue weighted by atomic mass is 16.3. The number of hydrogen-bond acceptors (Lipinski definition) is 2. The van der Waals surface area contributed by atoms with Crippen LogP contribution in [0.5, 0.6) is 5.75 Å². The van der Waals surface area contributed by atoms with Crippen LogP contribution in [0.3, 0.4) is 0 Å². The zero-order valence-corrected chi connectivity index (χ0v) is 16.1. The molecule has 2 atom stereocenters. The molecule has 2 rings (SSSR count). The number of likely N-dealkylation sites (tertiary alicyclic amines) is 1. The van der Waals surface area contributed by atoms with Crippen molar-refractivity contribution in [1.82, 2.24) is 4.90 Å². The first kappa shape index (κ1) is 19.1. The highest BCUT2D eigenvalue weighted by Gasteiger charge is 2.38. The maximum Gasteiger partial charge on any atom is 0.123 e. The van der Waals surface area contributed by atoms with Gasteiger partial charge in [-0.25, -0.2) is 0 Å². The molecule has 1 fully saturated rings. The van der Waals surface area contributed by atoms with Crippen molar-refractivity contribution in [3.63, 3.8) is 0 Å². The van der Waals surface area contributed by atoms with Gasteiger partial charge in [0.05, 0.1) is 0 Å². The number of aromatic hydroxyl groups is 1. The predicted octanol–water partition coefficient (Wildman–Crippen LogP) is 5.61. The molecule has 0 radical (unpaired) electrons. The van der Waals surface area contributed by atoms with Crippen molar-refractivity contribution < 1.29 is 5.11 Å². The molecular formula is C22H35NO. The smallest absolute Gasteiger partial charge is 0.123 e. The molecule has 1 heterocycles. The zero-order chi connectivity index (χ0) is 17.7. The average Bonchev–Trinajstić information content (AvgIpc) is 2.54. The van der Waals surface area contributed by atoms with E-state index in [9.17, 15) is 5.11 Å². The van der Waals surface area contributed by atoms with Gasteiger partial charge in [0.2, 0.25) is 0 Å². The van der Waals surface area contributed by atoms with E-state index in [0.717, 1.165) is 30.6 Å². The second-order valence-electron chi connectivity index (χ2n) is 7.94. The molecule has 0 aromatic heterocycles. The fourth-order valence-electron chi connectivity index (χ4n) is 3.96. The molecule has 1 saturated heterocycles. The van der Waals surface area contributed by atoms with Gasteiger partial charge in [-0.15, -0.1) is 0 Å². The molecule has 0 saturated carbocycles. The molecule has 0 bridgehead atoms. The Balaban J connectivity index is 2.03. The third-order valence-corrected chi connectivity index (χ3v) is 6.01. The van der Waals surface area contributed by atoms with Crippen molar-refractivity contribution in [3.8, 4) is 5.75 Å². The number of unbranched alkanes of at least 4 members (excludes halogenated alkanes) is 3. The van der Waals surface area contributed by atoms with E-state index in [-0.39, 0.29) is 5.41 Å². The topological polar surface area (TPSA) is 23.5 Å². The molecule has 1 aliphatic heterocycles. The van der Waals surface area contributed by atoms with E-state index in [0.29, 0.717) is 11.7 Å². The largest absolute Gasteiger partial charge is 0.507 e. The molecule has 0 unspecified atom stereocenters. The lowest BCUT2D eigenvalue weighted by Crippen LogP contribution is -2.47. The lowest BCUT2D eigenvalue weighted by atomic mass is 9.68. The highest BCUT2D eigenvalue weighted by molar-refractivity contribution is 5.67. The molecule has 1 aromatic carbocycles. The van der Waals surface area contributed by atoms with Crippen molar-refractivity contribution >= 4 is 5.57 Å². The average molecular weight is 330 g/mol. The molecule has 0 aliphatic carbocycles. The van der Waals surface area contributed by atoms with E-state index in [4.69, 9.17) is 0 Å². The minimum Gasteiger partial charge on any atom is -0.507 e. The maximum absolute atomic E-state index is 10.3. The Morgan fingerprint density at radius 2 is 2.08 bits per heavy atom. The number of phenolic OH excluding ortho intramolecular Hbond substituents is 1. The summed E-state index contributed by atoms with van der Waals surface area (Å²) in [7, 11) is 0. The molecule has 134 valence electrons. The zero-order valence-electron chi connectivity index (χ0n) is 16.1. The molecule has 1 aliphatic rings. The monoisotopic (exact) mass is 329 g/mol. The van der Waals surface area contributed by atoms with Gasteiger partial charge in [-0.2, -0.15) is 0 Å². The molecule has 0 spiro atoms. The van der Waals surface area contributed by atoms with Crippen molar-refractivity contribution in [3.05, 3.63) is 35.9 Å². The number of benzene rings is 1. The van der Waals surface area contributed by atoms with Crippen LogP contribution in [-0.2, 0) is 5.41 Å². The Hall–Kier alpha value is -1.28. The van der Waals surface area contributed by atoms with Crippen LogP contribution in [0.4, 0.5) is 0 Å². The van der Waals surface area contributed by atoms with Crippen molar-refractivity contribution in [1.29, 1.82) is 0 Å². The minimum absolute atomic E-state index is 0.144. The Labute approximate surface area is 148 Å². The SMILES string of the molecule is C=C(C)c1ccc([C@@]2(C)CCN(CCCCCC)C[C@@H]2C)cc1O.